The molecule has 32 heavy (non-hydrogen) atoms. The van der Waals surface area contributed by atoms with Crippen molar-refractivity contribution < 1.29 is 28.6 Å². The molecule has 5 N–H and O–H groups in total. The Morgan fingerprint density at radius 1 is 1.22 bits per heavy atom. The number of carbonyl (C=O) groups excluding carboxylic acids is 1. The van der Waals surface area contributed by atoms with Crippen LogP contribution in [0.4, 0.5) is 15.1 Å². The number of hydrogen-bond donors (Lipinski definition) is 3. The van der Waals surface area contributed by atoms with Gasteiger partial charge in [-0.15, -0.1) is 4.99 Å². The number of carboxylic acid groups (broad SMARTS) is 1. The lowest BCUT2D eigenvalue weighted by Crippen LogP contribution is -2.38. The zero-order valence-corrected chi connectivity index (χ0v) is 17.1. The number of aliphatic imine (C=N–C) groups is 1. The first kappa shape index (κ1) is 22.9. The van der Waals surface area contributed by atoms with Gasteiger partial charge in [0.15, 0.2) is 5.96 Å². The van der Waals surface area contributed by atoms with Crippen molar-refractivity contribution in [2.24, 2.45) is 16.5 Å². The molecule has 1 aromatic heterocycles. The van der Waals surface area contributed by atoms with Gasteiger partial charge in [0, 0.05) is 42.2 Å². The van der Waals surface area contributed by atoms with Crippen LogP contribution in [0, 0.1) is 5.82 Å². The summed E-state index contributed by atoms with van der Waals surface area (Å²) < 4.78 is 25.1. The molecule has 1 aliphatic heterocycles. The molecule has 1 aromatic carbocycles. The maximum atomic E-state index is 14.9. The summed E-state index contributed by atoms with van der Waals surface area (Å²) >= 11 is 0. The molecule has 0 atom stereocenters. The minimum Gasteiger partial charge on any atom is -0.480 e. The predicted molar refractivity (Wildman–Crippen MR) is 112 cm³/mol. The molecule has 1 fully saturated rings. The molecule has 2 heterocycles. The number of amides is 1. The molecule has 0 spiro atoms. The maximum Gasteiger partial charge on any atom is 0.437 e. The molecule has 1 amide bonds. The molecule has 0 bridgehead atoms. The van der Waals surface area contributed by atoms with Gasteiger partial charge in [-0.1, -0.05) is 18.2 Å². The number of hydrogen-bond acceptors (Lipinski definition) is 7. The summed E-state index contributed by atoms with van der Waals surface area (Å²) in [6, 6.07) is 4.67. The highest BCUT2D eigenvalue weighted by molar-refractivity contribution is 5.87. The van der Waals surface area contributed by atoms with Gasteiger partial charge in [0.25, 0.3) is 0 Å². The van der Waals surface area contributed by atoms with E-state index < -0.39 is 23.8 Å². The minimum absolute atomic E-state index is 0.112. The average molecular weight is 446 g/mol. The van der Waals surface area contributed by atoms with Crippen molar-refractivity contribution in [3.63, 3.8) is 0 Å². The zero-order valence-electron chi connectivity index (χ0n) is 17.1. The Balaban J connectivity index is 1.63. The third-order valence-electron chi connectivity index (χ3n) is 4.77. The number of guanidine groups is 1. The number of anilines is 1. The number of benzene rings is 1. The Bertz CT molecular complexity index is 988. The van der Waals surface area contributed by atoms with Gasteiger partial charge < -0.3 is 30.9 Å². The molecule has 2 aromatic rings. The lowest BCUT2D eigenvalue weighted by Gasteiger charge is -2.31. The summed E-state index contributed by atoms with van der Waals surface area (Å²) in [7, 11) is 0. The van der Waals surface area contributed by atoms with Crippen LogP contribution in [0.15, 0.2) is 35.6 Å². The number of nitrogens with zero attached hydrogens (tertiary/aromatic N) is 4. The molecule has 170 valence electrons. The number of rotatable bonds is 7. The van der Waals surface area contributed by atoms with Gasteiger partial charge in [0.1, 0.15) is 19.0 Å². The zero-order chi connectivity index (χ0) is 23.1. The number of aliphatic carboxylic acids is 1. The Hall–Kier alpha value is -3.80. The summed E-state index contributed by atoms with van der Waals surface area (Å²) in [4.78, 5) is 35.9. The topological polar surface area (TPSA) is 166 Å². The average Bonchev–Trinajstić information content (AvgIpc) is 2.77. The van der Waals surface area contributed by atoms with Crippen LogP contribution < -0.4 is 16.4 Å². The molecule has 3 rings (SSSR count). The summed E-state index contributed by atoms with van der Waals surface area (Å²) in [6.45, 7) is 0.588. The first-order valence-electron chi connectivity index (χ1n) is 9.78. The van der Waals surface area contributed by atoms with Crippen molar-refractivity contribution in [3.05, 3.63) is 42.0 Å². The number of aromatic nitrogens is 2. The number of piperidine rings is 1. The van der Waals surface area contributed by atoms with Crippen molar-refractivity contribution in [2.45, 2.75) is 25.6 Å². The van der Waals surface area contributed by atoms with Crippen LogP contribution in [0.25, 0.3) is 11.1 Å². The molecule has 0 unspecified atom stereocenters. The smallest absolute Gasteiger partial charge is 0.437 e. The van der Waals surface area contributed by atoms with Crippen molar-refractivity contribution in [3.8, 4) is 11.1 Å². The fourth-order valence-electron chi connectivity index (χ4n) is 3.23. The van der Waals surface area contributed by atoms with Gasteiger partial charge >= 0.3 is 12.1 Å². The molecule has 12 heteroatoms. The fourth-order valence-corrected chi connectivity index (χ4v) is 3.23. The lowest BCUT2D eigenvalue weighted by molar-refractivity contribution is -0.144. The van der Waals surface area contributed by atoms with Crippen molar-refractivity contribution in [1.82, 2.24) is 9.97 Å². The highest BCUT2D eigenvalue weighted by Gasteiger charge is 2.22. The maximum absolute atomic E-state index is 14.9. The standard InChI is InChI=1S/C20H23FN6O5/c21-17-12(10-32-20(30)26-18(22)23)2-1-3-15(17)13-8-24-19(25-9-13)27-6-4-14(5-7-27)31-11-16(28)29/h1-3,8-9,14H,4-7,10-11H2,(H,28,29)(H4,22,23,26,30). The van der Waals surface area contributed by atoms with E-state index in [0.717, 1.165) is 0 Å². The molecule has 0 radical (unpaired) electrons. The van der Waals surface area contributed by atoms with Gasteiger partial charge in [0.2, 0.25) is 5.95 Å². The SMILES string of the molecule is NC(N)=NC(=O)OCc1cccc(-c2cnc(N3CCC(OCC(=O)O)CC3)nc2)c1F. The number of halogens is 1. The first-order valence-corrected chi connectivity index (χ1v) is 9.78. The Morgan fingerprint density at radius 3 is 2.53 bits per heavy atom. The van der Waals surface area contributed by atoms with Crippen molar-refractivity contribution in [1.29, 1.82) is 0 Å². The van der Waals surface area contributed by atoms with E-state index in [4.69, 9.17) is 26.0 Å². The molecule has 1 saturated heterocycles. The summed E-state index contributed by atoms with van der Waals surface area (Å²) in [5.74, 6) is -1.51. The lowest BCUT2D eigenvalue weighted by atomic mass is 10.0. The van der Waals surface area contributed by atoms with Gasteiger partial charge in [-0.2, -0.15) is 0 Å². The van der Waals surface area contributed by atoms with Crippen LogP contribution in [0.5, 0.6) is 0 Å². The number of ether oxygens (including phenoxy) is 2. The van der Waals surface area contributed by atoms with E-state index in [1.165, 1.54) is 18.5 Å². The first-order chi connectivity index (χ1) is 15.3. The summed E-state index contributed by atoms with van der Waals surface area (Å²) in [5, 5.41) is 8.70. The fraction of sp³-hybridized carbons (Fsp3) is 0.350. The van der Waals surface area contributed by atoms with E-state index in [0.29, 0.717) is 37.4 Å². The second-order valence-corrected chi connectivity index (χ2v) is 7.03. The predicted octanol–water partition coefficient (Wildman–Crippen LogP) is 1.26. The van der Waals surface area contributed by atoms with Crippen LogP contribution >= 0.6 is 0 Å². The quantitative estimate of drug-likeness (QED) is 0.416. The largest absolute Gasteiger partial charge is 0.480 e. The summed E-state index contributed by atoms with van der Waals surface area (Å²) in [6.07, 6.45) is 3.23. The Kier molecular flexibility index (Phi) is 7.49. The van der Waals surface area contributed by atoms with Crippen molar-refractivity contribution >= 4 is 24.0 Å². The normalized spacial score (nSPS) is 14.1. The second-order valence-electron chi connectivity index (χ2n) is 7.03. The Morgan fingerprint density at radius 2 is 1.91 bits per heavy atom. The van der Waals surface area contributed by atoms with Gasteiger partial charge in [-0.25, -0.2) is 23.9 Å². The van der Waals surface area contributed by atoms with Crippen LogP contribution in [0.1, 0.15) is 18.4 Å². The molecule has 0 aliphatic carbocycles. The summed E-state index contributed by atoms with van der Waals surface area (Å²) in [5.41, 5.74) is 11.1. The van der Waals surface area contributed by atoms with E-state index in [-0.39, 0.29) is 30.4 Å². The van der Waals surface area contributed by atoms with Crippen molar-refractivity contribution in [2.75, 3.05) is 24.6 Å². The molecule has 0 saturated carbocycles. The third-order valence-corrected chi connectivity index (χ3v) is 4.77. The highest BCUT2D eigenvalue weighted by atomic mass is 19.1. The molecular formula is C20H23FN6O5. The van der Waals surface area contributed by atoms with E-state index in [1.54, 1.807) is 12.1 Å². The highest BCUT2D eigenvalue weighted by Crippen LogP contribution is 2.26. The third kappa shape index (κ3) is 6.11. The van der Waals surface area contributed by atoms with Crippen LogP contribution in [0.3, 0.4) is 0 Å². The second kappa shape index (κ2) is 10.5. The van der Waals surface area contributed by atoms with Crippen LogP contribution in [0.2, 0.25) is 0 Å². The van der Waals surface area contributed by atoms with E-state index in [2.05, 4.69) is 15.0 Å². The molecule has 1 aliphatic rings. The van der Waals surface area contributed by atoms with Crippen LogP contribution in [-0.4, -0.2) is 58.9 Å². The Labute approximate surface area is 182 Å². The molecule has 11 nitrogen and oxygen atoms in total. The number of carbonyl (C=O) groups is 2. The van der Waals surface area contributed by atoms with E-state index in [9.17, 15) is 14.0 Å². The van der Waals surface area contributed by atoms with Gasteiger partial charge in [0.05, 0.1) is 6.10 Å². The monoisotopic (exact) mass is 446 g/mol. The van der Waals surface area contributed by atoms with E-state index >= 15 is 0 Å². The van der Waals surface area contributed by atoms with Crippen LogP contribution in [-0.2, 0) is 20.9 Å². The minimum atomic E-state index is -1.01. The van der Waals surface area contributed by atoms with Gasteiger partial charge in [-0.05, 0) is 12.8 Å². The number of carboxylic acids is 1. The van der Waals surface area contributed by atoms with E-state index in [1.807, 2.05) is 4.90 Å². The number of nitrogens with two attached hydrogens (primary N) is 2. The van der Waals surface area contributed by atoms with Gasteiger partial charge in [-0.3, -0.25) is 0 Å². The molecular weight excluding hydrogens is 423 g/mol.